The van der Waals surface area contributed by atoms with Crippen LogP contribution in [0.25, 0.3) is 0 Å². The van der Waals surface area contributed by atoms with Gasteiger partial charge in [-0.25, -0.2) is 0 Å². The van der Waals surface area contributed by atoms with Crippen LogP contribution in [0.2, 0.25) is 0 Å². The molecule has 1 saturated heterocycles. The lowest BCUT2D eigenvalue weighted by atomic mass is 9.93. The van der Waals surface area contributed by atoms with Crippen molar-refractivity contribution in [3.63, 3.8) is 0 Å². The molecule has 1 fully saturated rings. The maximum Gasteiger partial charge on any atom is 0.113 e. The van der Waals surface area contributed by atoms with Crippen molar-refractivity contribution in [3.05, 3.63) is 144 Å². The summed E-state index contributed by atoms with van der Waals surface area (Å²) in [5.41, 5.74) is 4.55. The van der Waals surface area contributed by atoms with Gasteiger partial charge in [0.2, 0.25) is 0 Å². The zero-order valence-corrected chi connectivity index (χ0v) is 21.0. The van der Waals surface area contributed by atoms with Crippen LogP contribution < -0.4 is 0 Å². The zero-order valence-electron chi connectivity index (χ0n) is 21.0. The van der Waals surface area contributed by atoms with Crippen LogP contribution in [0.15, 0.2) is 121 Å². The van der Waals surface area contributed by atoms with Crippen LogP contribution in [0.4, 0.5) is 0 Å². The second-order valence-electron chi connectivity index (χ2n) is 9.41. The van der Waals surface area contributed by atoms with Crippen molar-refractivity contribution < 1.29 is 18.9 Å². The Morgan fingerprint density at radius 3 is 1.62 bits per heavy atom. The lowest BCUT2D eigenvalue weighted by Gasteiger charge is -2.41. The largest absolute Gasteiger partial charge is 0.374 e. The van der Waals surface area contributed by atoms with E-state index >= 15 is 0 Å². The molecule has 4 aromatic rings. The molecule has 1 aliphatic rings. The normalized spacial score (nSPS) is 21.5. The summed E-state index contributed by atoms with van der Waals surface area (Å²) < 4.78 is 25.9. The first-order valence-electron chi connectivity index (χ1n) is 13.0. The van der Waals surface area contributed by atoms with E-state index in [0.29, 0.717) is 32.8 Å². The van der Waals surface area contributed by atoms with Crippen LogP contribution in [-0.4, -0.2) is 24.9 Å². The van der Waals surface area contributed by atoms with Gasteiger partial charge in [-0.3, -0.25) is 0 Å². The van der Waals surface area contributed by atoms with E-state index in [1.165, 1.54) is 0 Å². The Bertz CT molecular complexity index is 1170. The molecule has 0 spiro atoms. The average Bonchev–Trinajstić information content (AvgIpc) is 2.97. The third-order valence-corrected chi connectivity index (χ3v) is 6.68. The van der Waals surface area contributed by atoms with Crippen molar-refractivity contribution in [3.8, 4) is 0 Å². The lowest BCUT2D eigenvalue weighted by Crippen LogP contribution is -2.50. The van der Waals surface area contributed by atoms with E-state index in [9.17, 15) is 0 Å². The molecule has 0 amide bonds. The number of ether oxygens (including phenoxy) is 4. The van der Waals surface area contributed by atoms with Gasteiger partial charge in [-0.1, -0.05) is 121 Å². The minimum absolute atomic E-state index is 0.0936. The molecule has 0 radical (unpaired) electrons. The van der Waals surface area contributed by atoms with Gasteiger partial charge >= 0.3 is 0 Å². The molecule has 5 rings (SSSR count). The molecule has 0 N–H and O–H groups in total. The number of hydrogen-bond acceptors (Lipinski definition) is 4. The third kappa shape index (κ3) is 7.37. The summed E-state index contributed by atoms with van der Waals surface area (Å²) in [6, 6.07) is 41.1. The highest BCUT2D eigenvalue weighted by molar-refractivity contribution is 5.20. The van der Waals surface area contributed by atoms with E-state index < -0.39 is 0 Å². The molecule has 190 valence electrons. The van der Waals surface area contributed by atoms with Gasteiger partial charge < -0.3 is 18.9 Å². The summed E-state index contributed by atoms with van der Waals surface area (Å²) >= 11 is 0. The minimum atomic E-state index is -0.271. The molecular formula is C33H34O4. The average molecular weight is 495 g/mol. The van der Waals surface area contributed by atoms with Gasteiger partial charge in [-0.2, -0.15) is 0 Å². The minimum Gasteiger partial charge on any atom is -0.374 e. The Hall–Kier alpha value is -3.28. The van der Waals surface area contributed by atoms with Crippen molar-refractivity contribution in [1.29, 1.82) is 0 Å². The molecular weight excluding hydrogens is 460 g/mol. The van der Waals surface area contributed by atoms with Gasteiger partial charge in [0.1, 0.15) is 12.2 Å². The number of hydrogen-bond donors (Lipinski definition) is 0. The Labute approximate surface area is 219 Å². The molecule has 1 heterocycles. The second kappa shape index (κ2) is 13.3. The Balaban J connectivity index is 1.35. The first kappa shape index (κ1) is 25.4. The van der Waals surface area contributed by atoms with Crippen LogP contribution in [0, 0.1) is 0 Å². The predicted molar refractivity (Wildman–Crippen MR) is 145 cm³/mol. The molecule has 0 saturated carbocycles. The highest BCUT2D eigenvalue weighted by atomic mass is 16.6. The molecule has 0 aromatic heterocycles. The van der Waals surface area contributed by atoms with Crippen LogP contribution in [0.3, 0.4) is 0 Å². The SMILES string of the molecule is c1ccc(COC[C@@H]2O[C@@H](c3ccccc3)C[C@@H](OCc3ccccc3)[C@H]2OCc2ccccc2)cc1. The van der Waals surface area contributed by atoms with E-state index in [0.717, 1.165) is 22.3 Å². The maximum absolute atomic E-state index is 6.66. The standard InChI is InChI=1S/C33H34O4/c1-5-13-26(14-6-1)22-34-25-32-33(36-24-28-17-9-3-10-18-28)31(35-23-27-15-7-2-8-16-27)21-30(37-32)29-19-11-4-12-20-29/h1-20,30-33H,21-25H2/t30-,31-,32+,33-/m1/s1. The highest BCUT2D eigenvalue weighted by Crippen LogP contribution is 2.35. The van der Waals surface area contributed by atoms with E-state index in [4.69, 9.17) is 18.9 Å². The monoisotopic (exact) mass is 494 g/mol. The van der Waals surface area contributed by atoms with E-state index in [-0.39, 0.29) is 24.4 Å². The summed E-state index contributed by atoms with van der Waals surface area (Å²) in [7, 11) is 0. The Kier molecular flexibility index (Phi) is 9.13. The Morgan fingerprint density at radius 1 is 0.568 bits per heavy atom. The van der Waals surface area contributed by atoms with Crippen molar-refractivity contribution in [2.45, 2.75) is 50.7 Å². The fraction of sp³-hybridized carbons (Fsp3) is 0.273. The van der Waals surface area contributed by atoms with E-state index in [1.807, 2.05) is 60.7 Å². The van der Waals surface area contributed by atoms with Crippen molar-refractivity contribution in [2.75, 3.05) is 6.61 Å². The van der Waals surface area contributed by atoms with Gasteiger partial charge in [0.05, 0.1) is 38.6 Å². The van der Waals surface area contributed by atoms with Crippen molar-refractivity contribution >= 4 is 0 Å². The third-order valence-electron chi connectivity index (χ3n) is 6.68. The van der Waals surface area contributed by atoms with Gasteiger partial charge in [0.25, 0.3) is 0 Å². The van der Waals surface area contributed by atoms with Crippen LogP contribution >= 0.6 is 0 Å². The van der Waals surface area contributed by atoms with Crippen molar-refractivity contribution in [2.24, 2.45) is 0 Å². The molecule has 37 heavy (non-hydrogen) atoms. The smallest absolute Gasteiger partial charge is 0.113 e. The van der Waals surface area contributed by atoms with Crippen LogP contribution in [0.5, 0.6) is 0 Å². The summed E-state index contributed by atoms with van der Waals surface area (Å²) in [6.07, 6.45) is -0.0604. The maximum atomic E-state index is 6.66. The number of benzene rings is 4. The summed E-state index contributed by atoms with van der Waals surface area (Å²) in [6.45, 7) is 1.96. The second-order valence-corrected chi connectivity index (χ2v) is 9.41. The molecule has 4 aromatic carbocycles. The molecule has 4 heteroatoms. The molecule has 1 aliphatic heterocycles. The topological polar surface area (TPSA) is 36.9 Å². The molecule has 0 unspecified atom stereocenters. The van der Waals surface area contributed by atoms with Gasteiger partial charge in [-0.15, -0.1) is 0 Å². The van der Waals surface area contributed by atoms with Crippen molar-refractivity contribution in [1.82, 2.24) is 0 Å². The summed E-state index contributed by atoms with van der Waals surface area (Å²) in [5.74, 6) is 0. The highest BCUT2D eigenvalue weighted by Gasteiger charge is 2.41. The molecule has 0 aliphatic carbocycles. The summed E-state index contributed by atoms with van der Waals surface area (Å²) in [4.78, 5) is 0. The van der Waals surface area contributed by atoms with Gasteiger partial charge in [0, 0.05) is 6.42 Å². The van der Waals surface area contributed by atoms with Crippen LogP contribution in [0.1, 0.15) is 34.8 Å². The fourth-order valence-electron chi connectivity index (χ4n) is 4.73. The predicted octanol–water partition coefficient (Wildman–Crippen LogP) is 6.90. The quantitative estimate of drug-likeness (QED) is 0.227. The van der Waals surface area contributed by atoms with Gasteiger partial charge in [0.15, 0.2) is 0 Å². The molecule has 4 nitrogen and oxygen atoms in total. The zero-order chi connectivity index (χ0) is 25.1. The molecule has 0 bridgehead atoms. The fourth-order valence-corrected chi connectivity index (χ4v) is 4.73. The first-order valence-corrected chi connectivity index (χ1v) is 13.0. The van der Waals surface area contributed by atoms with E-state index in [1.54, 1.807) is 0 Å². The van der Waals surface area contributed by atoms with E-state index in [2.05, 4.69) is 60.7 Å². The van der Waals surface area contributed by atoms with Gasteiger partial charge in [-0.05, 0) is 22.3 Å². The lowest BCUT2D eigenvalue weighted by molar-refractivity contribution is -0.222. The van der Waals surface area contributed by atoms with Crippen LogP contribution in [-0.2, 0) is 38.8 Å². The Morgan fingerprint density at radius 2 is 1.05 bits per heavy atom. The first-order chi connectivity index (χ1) is 18.3. The molecule has 4 atom stereocenters. The summed E-state index contributed by atoms with van der Waals surface area (Å²) in [5, 5.41) is 0. The number of rotatable bonds is 11.